The first kappa shape index (κ1) is 20.8. The third-order valence-corrected chi connectivity index (χ3v) is 5.25. The van der Waals surface area contributed by atoms with Crippen LogP contribution >= 0.6 is 0 Å². The second-order valence-corrected chi connectivity index (χ2v) is 7.47. The molecule has 0 saturated heterocycles. The van der Waals surface area contributed by atoms with E-state index in [1.54, 1.807) is 0 Å². The molecule has 0 radical (unpaired) electrons. The van der Waals surface area contributed by atoms with Crippen LogP contribution in [-0.2, 0) is 11.3 Å². The number of nitrogens with one attached hydrogen (secondary N) is 2. The quantitative estimate of drug-likeness (QED) is 0.589. The highest BCUT2D eigenvalue weighted by atomic mass is 16.7. The van der Waals surface area contributed by atoms with Crippen molar-refractivity contribution < 1.29 is 23.9 Å². The van der Waals surface area contributed by atoms with E-state index in [4.69, 9.17) is 14.2 Å². The maximum absolute atomic E-state index is 13.5. The number of carbonyl (C=O) groups is 1. The average Bonchev–Trinajstić information content (AvgIpc) is 3.24. The minimum atomic E-state index is -0.402. The summed E-state index contributed by atoms with van der Waals surface area (Å²) in [5, 5.41) is 3.07. The molecule has 160 valence electrons. The molecule has 0 saturated carbocycles. The average molecular weight is 420 g/mol. The number of quaternary nitrogens is 1. The molecule has 6 heteroatoms. The van der Waals surface area contributed by atoms with Gasteiger partial charge in [0, 0.05) is 11.1 Å². The molecular formula is C25H27N2O4+. The minimum absolute atomic E-state index is 0.0865. The highest BCUT2D eigenvalue weighted by Gasteiger charge is 2.30. The lowest BCUT2D eigenvalue weighted by Crippen LogP contribution is -3.09. The van der Waals surface area contributed by atoms with Crippen LogP contribution in [0.1, 0.15) is 24.1 Å². The Labute approximate surface area is 182 Å². The van der Waals surface area contributed by atoms with Gasteiger partial charge < -0.3 is 24.4 Å². The predicted molar refractivity (Wildman–Crippen MR) is 119 cm³/mol. The van der Waals surface area contributed by atoms with E-state index in [0.29, 0.717) is 24.6 Å². The summed E-state index contributed by atoms with van der Waals surface area (Å²) in [5.41, 5.74) is 2.70. The fourth-order valence-corrected chi connectivity index (χ4v) is 3.84. The number of hydrogen-bond acceptors (Lipinski definition) is 4. The molecule has 1 aliphatic heterocycles. The second-order valence-electron chi connectivity index (χ2n) is 7.47. The molecule has 1 heterocycles. The van der Waals surface area contributed by atoms with Crippen molar-refractivity contribution in [3.05, 3.63) is 83.9 Å². The van der Waals surface area contributed by atoms with Crippen molar-refractivity contribution in [3.63, 3.8) is 0 Å². The highest BCUT2D eigenvalue weighted by molar-refractivity contribution is 5.95. The third-order valence-electron chi connectivity index (χ3n) is 5.25. The molecule has 4 rings (SSSR count). The number of para-hydroxylation sites is 2. The first-order valence-corrected chi connectivity index (χ1v) is 10.4. The summed E-state index contributed by atoms with van der Waals surface area (Å²) < 4.78 is 16.6. The molecule has 0 bridgehead atoms. The third kappa shape index (κ3) is 4.81. The molecule has 0 aromatic heterocycles. The van der Waals surface area contributed by atoms with E-state index in [9.17, 15) is 4.79 Å². The SMILES string of the molecule is CCOc1ccccc1NC(=O)[C@H](c1ccccc1)[NH+](C)Cc1ccc2c(c1)OCO2. The number of ether oxygens (including phenoxy) is 3. The summed E-state index contributed by atoms with van der Waals surface area (Å²) in [6.07, 6.45) is 0. The van der Waals surface area contributed by atoms with Gasteiger partial charge in [0.15, 0.2) is 17.5 Å². The van der Waals surface area contributed by atoms with Gasteiger partial charge in [-0.05, 0) is 37.3 Å². The Kier molecular flexibility index (Phi) is 6.38. The number of anilines is 1. The van der Waals surface area contributed by atoms with Crippen LogP contribution in [0.25, 0.3) is 0 Å². The summed E-state index contributed by atoms with van der Waals surface area (Å²) >= 11 is 0. The van der Waals surface area contributed by atoms with Crippen molar-refractivity contribution in [1.29, 1.82) is 0 Å². The summed E-state index contributed by atoms with van der Waals surface area (Å²) in [5.74, 6) is 2.08. The molecule has 0 aliphatic carbocycles. The van der Waals surface area contributed by atoms with Crippen LogP contribution in [0.15, 0.2) is 72.8 Å². The first-order valence-electron chi connectivity index (χ1n) is 10.4. The van der Waals surface area contributed by atoms with E-state index >= 15 is 0 Å². The molecule has 3 aromatic carbocycles. The first-order chi connectivity index (χ1) is 15.2. The van der Waals surface area contributed by atoms with Gasteiger partial charge in [0.2, 0.25) is 6.79 Å². The zero-order valence-electron chi connectivity index (χ0n) is 17.8. The van der Waals surface area contributed by atoms with Crippen LogP contribution in [0.3, 0.4) is 0 Å². The normalized spacial score (nSPS) is 14.0. The van der Waals surface area contributed by atoms with E-state index in [2.05, 4.69) is 5.32 Å². The van der Waals surface area contributed by atoms with Gasteiger partial charge in [-0.15, -0.1) is 0 Å². The monoisotopic (exact) mass is 419 g/mol. The summed E-state index contributed by atoms with van der Waals surface area (Å²) in [7, 11) is 2.02. The van der Waals surface area contributed by atoms with E-state index in [0.717, 1.165) is 27.5 Å². The van der Waals surface area contributed by atoms with E-state index in [-0.39, 0.29) is 12.7 Å². The molecule has 2 atom stereocenters. The second kappa shape index (κ2) is 9.53. The molecule has 1 unspecified atom stereocenters. The van der Waals surface area contributed by atoms with Gasteiger partial charge in [0.1, 0.15) is 12.3 Å². The number of rotatable bonds is 8. The number of amides is 1. The molecule has 1 amide bonds. The Morgan fingerprint density at radius 2 is 1.77 bits per heavy atom. The molecule has 0 fully saturated rings. The Balaban J connectivity index is 1.58. The summed E-state index contributed by atoms with van der Waals surface area (Å²) in [4.78, 5) is 14.5. The molecule has 31 heavy (non-hydrogen) atoms. The summed E-state index contributed by atoms with van der Waals surface area (Å²) in [6, 6.07) is 22.9. The maximum Gasteiger partial charge on any atom is 0.287 e. The summed E-state index contributed by atoms with van der Waals surface area (Å²) in [6.45, 7) is 3.35. The largest absolute Gasteiger partial charge is 0.492 e. The molecule has 3 aromatic rings. The Morgan fingerprint density at radius 1 is 1.03 bits per heavy atom. The van der Waals surface area contributed by atoms with Crippen LogP contribution in [0, 0.1) is 0 Å². The van der Waals surface area contributed by atoms with Crippen molar-refractivity contribution in [3.8, 4) is 17.2 Å². The molecule has 2 N–H and O–H groups in total. The van der Waals surface area contributed by atoms with Gasteiger partial charge in [0.25, 0.3) is 5.91 Å². The van der Waals surface area contributed by atoms with Gasteiger partial charge in [-0.25, -0.2) is 0 Å². The zero-order chi connectivity index (χ0) is 21.6. The number of fused-ring (bicyclic) bond motifs is 1. The van der Waals surface area contributed by atoms with Crippen LogP contribution in [0.5, 0.6) is 17.2 Å². The van der Waals surface area contributed by atoms with Crippen LogP contribution in [-0.4, -0.2) is 26.4 Å². The topological polar surface area (TPSA) is 61.2 Å². The molecular weight excluding hydrogens is 392 g/mol. The van der Waals surface area contributed by atoms with Gasteiger partial charge in [-0.3, -0.25) is 4.79 Å². The van der Waals surface area contributed by atoms with Gasteiger partial charge in [-0.1, -0.05) is 42.5 Å². The van der Waals surface area contributed by atoms with Crippen molar-refractivity contribution in [2.45, 2.75) is 19.5 Å². The maximum atomic E-state index is 13.5. The van der Waals surface area contributed by atoms with Gasteiger partial charge >= 0.3 is 0 Å². The smallest absolute Gasteiger partial charge is 0.287 e. The molecule has 0 spiro atoms. The lowest BCUT2D eigenvalue weighted by atomic mass is 10.0. The number of carbonyl (C=O) groups excluding carboxylic acids is 1. The molecule has 1 aliphatic rings. The van der Waals surface area contributed by atoms with Gasteiger partial charge in [-0.2, -0.15) is 0 Å². The Bertz CT molecular complexity index is 1040. The van der Waals surface area contributed by atoms with Crippen molar-refractivity contribution in [2.75, 3.05) is 25.8 Å². The van der Waals surface area contributed by atoms with E-state index < -0.39 is 6.04 Å². The number of likely N-dealkylation sites (N-methyl/N-ethyl adjacent to an activating group) is 1. The van der Waals surface area contributed by atoms with Gasteiger partial charge in [0.05, 0.1) is 19.3 Å². The number of hydrogen-bond donors (Lipinski definition) is 2. The standard InChI is InChI=1S/C25H26N2O4/c1-3-29-21-12-8-7-11-20(21)26-25(28)24(19-9-5-4-6-10-19)27(2)16-18-13-14-22-23(15-18)31-17-30-22/h4-15,24H,3,16-17H2,1-2H3,(H,26,28)/p+1/t24-/m0/s1. The fourth-order valence-electron chi connectivity index (χ4n) is 3.84. The zero-order valence-corrected chi connectivity index (χ0v) is 17.8. The highest BCUT2D eigenvalue weighted by Crippen LogP contribution is 2.32. The lowest BCUT2D eigenvalue weighted by molar-refractivity contribution is -0.915. The minimum Gasteiger partial charge on any atom is -0.492 e. The van der Waals surface area contributed by atoms with Crippen molar-refractivity contribution in [1.82, 2.24) is 0 Å². The molecule has 6 nitrogen and oxygen atoms in total. The Hall–Kier alpha value is -3.51. The van der Waals surface area contributed by atoms with Crippen molar-refractivity contribution in [2.24, 2.45) is 0 Å². The fraction of sp³-hybridized carbons (Fsp3) is 0.240. The van der Waals surface area contributed by atoms with Crippen LogP contribution in [0.4, 0.5) is 5.69 Å². The van der Waals surface area contributed by atoms with Crippen molar-refractivity contribution >= 4 is 11.6 Å². The van der Waals surface area contributed by atoms with E-state index in [1.165, 1.54) is 0 Å². The van der Waals surface area contributed by atoms with E-state index in [1.807, 2.05) is 86.8 Å². The van der Waals surface area contributed by atoms with Crippen LogP contribution in [0.2, 0.25) is 0 Å². The predicted octanol–water partition coefficient (Wildman–Crippen LogP) is 3.21. The Morgan fingerprint density at radius 3 is 2.58 bits per heavy atom. The number of benzene rings is 3. The lowest BCUT2D eigenvalue weighted by Gasteiger charge is -2.25. The van der Waals surface area contributed by atoms with Crippen LogP contribution < -0.4 is 24.4 Å².